The molecule has 0 fully saturated rings. The number of carboxylic acid groups (broad SMARTS) is 1. The summed E-state index contributed by atoms with van der Waals surface area (Å²) in [7, 11) is 0. The first-order chi connectivity index (χ1) is 7.99. The van der Waals surface area contributed by atoms with E-state index in [-0.39, 0.29) is 22.1 Å². The predicted molar refractivity (Wildman–Crippen MR) is 56.9 cm³/mol. The molecule has 0 saturated carbocycles. The van der Waals surface area contributed by atoms with Gasteiger partial charge in [0.25, 0.3) is 0 Å². The number of benzene rings is 2. The zero-order valence-electron chi connectivity index (χ0n) is 8.58. The maximum atomic E-state index is 13.8. The molecule has 88 valence electrons. The molecular formula is C12H8F2O3. The number of rotatable bonds is 2. The summed E-state index contributed by atoms with van der Waals surface area (Å²) in [5, 5.41) is 18.2. The van der Waals surface area contributed by atoms with E-state index >= 15 is 0 Å². The number of carbonyl (C=O) groups is 1. The third-order valence-corrected chi connectivity index (χ3v) is 2.43. The number of aliphatic carboxylic acids is 1. The zero-order valence-corrected chi connectivity index (χ0v) is 8.58. The molecule has 0 amide bonds. The van der Waals surface area contributed by atoms with Crippen molar-refractivity contribution in [2.75, 3.05) is 0 Å². The van der Waals surface area contributed by atoms with Crippen LogP contribution in [0, 0.1) is 11.6 Å². The molecular weight excluding hydrogens is 230 g/mol. The molecule has 0 saturated heterocycles. The third-order valence-electron chi connectivity index (χ3n) is 2.43. The quantitative estimate of drug-likeness (QED) is 0.844. The van der Waals surface area contributed by atoms with Gasteiger partial charge in [-0.3, -0.25) is 4.79 Å². The molecule has 0 aliphatic rings. The highest BCUT2D eigenvalue weighted by molar-refractivity contribution is 5.90. The van der Waals surface area contributed by atoms with Gasteiger partial charge in [-0.25, -0.2) is 8.78 Å². The maximum absolute atomic E-state index is 13.8. The van der Waals surface area contributed by atoms with Crippen LogP contribution in [0.5, 0.6) is 5.75 Å². The molecule has 0 aromatic heterocycles. The number of aromatic hydroxyl groups is 1. The van der Waals surface area contributed by atoms with Crippen molar-refractivity contribution in [3.05, 3.63) is 41.5 Å². The molecule has 0 aliphatic carbocycles. The normalized spacial score (nSPS) is 10.7. The number of phenols is 1. The minimum atomic E-state index is -1.20. The van der Waals surface area contributed by atoms with E-state index in [1.807, 2.05) is 0 Å². The molecule has 2 rings (SSSR count). The van der Waals surface area contributed by atoms with Gasteiger partial charge in [0.1, 0.15) is 17.4 Å². The summed E-state index contributed by atoms with van der Waals surface area (Å²) in [5.74, 6) is -2.89. The zero-order chi connectivity index (χ0) is 12.6. The lowest BCUT2D eigenvalue weighted by Gasteiger charge is -2.07. The second kappa shape index (κ2) is 4.01. The Hall–Kier alpha value is -2.17. The van der Waals surface area contributed by atoms with Gasteiger partial charge in [0.15, 0.2) is 0 Å². The number of fused-ring (bicyclic) bond motifs is 1. The highest BCUT2D eigenvalue weighted by atomic mass is 19.1. The smallest absolute Gasteiger partial charge is 0.307 e. The Balaban J connectivity index is 2.71. The van der Waals surface area contributed by atoms with Crippen LogP contribution in [0.1, 0.15) is 5.56 Å². The largest absolute Gasteiger partial charge is 0.507 e. The van der Waals surface area contributed by atoms with E-state index in [4.69, 9.17) is 5.11 Å². The van der Waals surface area contributed by atoms with Crippen LogP contribution in [0.4, 0.5) is 8.78 Å². The first-order valence-corrected chi connectivity index (χ1v) is 4.80. The molecule has 17 heavy (non-hydrogen) atoms. The van der Waals surface area contributed by atoms with Crippen LogP contribution in [0.15, 0.2) is 24.3 Å². The second-order valence-corrected chi connectivity index (χ2v) is 3.63. The summed E-state index contributed by atoms with van der Waals surface area (Å²) in [6.45, 7) is 0. The first kappa shape index (κ1) is 11.3. The molecule has 2 N–H and O–H groups in total. The van der Waals surface area contributed by atoms with E-state index < -0.39 is 24.0 Å². The summed E-state index contributed by atoms with van der Waals surface area (Å²) in [6, 6.07) is 4.23. The summed E-state index contributed by atoms with van der Waals surface area (Å²) in [4.78, 5) is 10.5. The summed E-state index contributed by atoms with van der Waals surface area (Å²) >= 11 is 0. The fourth-order valence-electron chi connectivity index (χ4n) is 1.69. The summed E-state index contributed by atoms with van der Waals surface area (Å²) in [6.07, 6.45) is -0.535. The number of carboxylic acids is 1. The van der Waals surface area contributed by atoms with Gasteiger partial charge in [0, 0.05) is 16.3 Å². The molecule has 0 radical (unpaired) electrons. The van der Waals surface area contributed by atoms with Gasteiger partial charge >= 0.3 is 5.97 Å². The van der Waals surface area contributed by atoms with Crippen molar-refractivity contribution in [1.82, 2.24) is 0 Å². The van der Waals surface area contributed by atoms with E-state index in [0.717, 1.165) is 18.2 Å². The van der Waals surface area contributed by atoms with Crippen LogP contribution in [0.3, 0.4) is 0 Å². The Kier molecular flexibility index (Phi) is 2.67. The number of halogens is 2. The van der Waals surface area contributed by atoms with Crippen LogP contribution >= 0.6 is 0 Å². The Morgan fingerprint density at radius 3 is 2.53 bits per heavy atom. The average Bonchev–Trinajstić information content (AvgIpc) is 2.25. The van der Waals surface area contributed by atoms with E-state index in [9.17, 15) is 18.7 Å². The van der Waals surface area contributed by atoms with Crippen molar-refractivity contribution >= 4 is 16.7 Å². The topological polar surface area (TPSA) is 57.5 Å². The third kappa shape index (κ3) is 2.04. The van der Waals surface area contributed by atoms with Gasteiger partial charge in [0.05, 0.1) is 6.42 Å². The SMILES string of the molecule is O=C(O)Cc1cc(O)c2cc(F)ccc2c1F. The van der Waals surface area contributed by atoms with Crippen molar-refractivity contribution in [3.8, 4) is 5.75 Å². The Labute approximate surface area is 94.9 Å². The fraction of sp³-hybridized carbons (Fsp3) is 0.0833. The van der Waals surface area contributed by atoms with E-state index in [1.54, 1.807) is 0 Å². The number of hydrogen-bond acceptors (Lipinski definition) is 2. The van der Waals surface area contributed by atoms with E-state index in [0.29, 0.717) is 0 Å². The molecule has 5 heteroatoms. The van der Waals surface area contributed by atoms with Gasteiger partial charge in [-0.1, -0.05) is 0 Å². The molecule has 0 spiro atoms. The monoisotopic (exact) mass is 238 g/mol. The van der Waals surface area contributed by atoms with Crippen molar-refractivity contribution in [2.24, 2.45) is 0 Å². The Bertz CT molecular complexity index is 608. The van der Waals surface area contributed by atoms with Crippen LogP contribution in [-0.2, 0) is 11.2 Å². The minimum absolute atomic E-state index is 0.00245. The lowest BCUT2D eigenvalue weighted by Crippen LogP contribution is -2.03. The standard InChI is InChI=1S/C12H8F2O3/c13-7-1-2-8-9(5-7)10(15)3-6(12(8)14)4-11(16)17/h1-3,5,15H,4H2,(H,16,17). The van der Waals surface area contributed by atoms with Crippen LogP contribution in [-0.4, -0.2) is 16.2 Å². The average molecular weight is 238 g/mol. The molecule has 3 nitrogen and oxygen atoms in total. The van der Waals surface area contributed by atoms with Gasteiger partial charge in [-0.2, -0.15) is 0 Å². The molecule has 2 aromatic carbocycles. The van der Waals surface area contributed by atoms with Crippen molar-refractivity contribution in [3.63, 3.8) is 0 Å². The predicted octanol–water partition coefficient (Wildman–Crippen LogP) is 2.45. The summed E-state index contributed by atoms with van der Waals surface area (Å²) in [5.41, 5.74) is -0.130. The van der Waals surface area contributed by atoms with Gasteiger partial charge in [-0.05, 0) is 24.3 Å². The minimum Gasteiger partial charge on any atom is -0.507 e. The molecule has 0 aliphatic heterocycles. The molecule has 2 aromatic rings. The van der Waals surface area contributed by atoms with Crippen molar-refractivity contribution in [2.45, 2.75) is 6.42 Å². The summed E-state index contributed by atoms with van der Waals surface area (Å²) < 4.78 is 26.8. The Morgan fingerprint density at radius 2 is 1.88 bits per heavy atom. The van der Waals surface area contributed by atoms with E-state index in [1.165, 1.54) is 6.07 Å². The molecule has 0 atom stereocenters. The van der Waals surface area contributed by atoms with E-state index in [2.05, 4.69) is 0 Å². The lowest BCUT2D eigenvalue weighted by atomic mass is 10.0. The van der Waals surface area contributed by atoms with Crippen LogP contribution in [0.25, 0.3) is 10.8 Å². The van der Waals surface area contributed by atoms with Gasteiger partial charge in [0.2, 0.25) is 0 Å². The molecule has 0 heterocycles. The van der Waals surface area contributed by atoms with Gasteiger partial charge < -0.3 is 10.2 Å². The molecule has 0 bridgehead atoms. The van der Waals surface area contributed by atoms with Crippen molar-refractivity contribution < 1.29 is 23.8 Å². The van der Waals surface area contributed by atoms with Crippen LogP contribution in [0.2, 0.25) is 0 Å². The first-order valence-electron chi connectivity index (χ1n) is 4.80. The van der Waals surface area contributed by atoms with Crippen molar-refractivity contribution in [1.29, 1.82) is 0 Å². The number of phenolic OH excluding ortho intramolecular Hbond substituents is 1. The van der Waals surface area contributed by atoms with Crippen LogP contribution < -0.4 is 0 Å². The fourth-order valence-corrected chi connectivity index (χ4v) is 1.69. The highest BCUT2D eigenvalue weighted by Crippen LogP contribution is 2.30. The highest BCUT2D eigenvalue weighted by Gasteiger charge is 2.14. The lowest BCUT2D eigenvalue weighted by molar-refractivity contribution is -0.136. The Morgan fingerprint density at radius 1 is 1.18 bits per heavy atom. The maximum Gasteiger partial charge on any atom is 0.307 e. The van der Waals surface area contributed by atoms with Gasteiger partial charge in [-0.15, -0.1) is 0 Å². The number of hydrogen-bond donors (Lipinski definition) is 2. The second-order valence-electron chi connectivity index (χ2n) is 3.63. The molecule has 0 unspecified atom stereocenters.